The number of ether oxygens (including phenoxy) is 1. The fourth-order valence-corrected chi connectivity index (χ4v) is 2.23. The van der Waals surface area contributed by atoms with Crippen LogP contribution >= 0.6 is 0 Å². The molecule has 1 atom stereocenters. The van der Waals surface area contributed by atoms with Gasteiger partial charge in [-0.1, -0.05) is 48.5 Å². The Kier molecular flexibility index (Phi) is 8.26. The number of halogens is 1. The topological polar surface area (TPSA) is 30.7 Å². The molecular formula is C18H22ClNO2. The Balaban J connectivity index is 0.00000242. The first-order chi connectivity index (χ1) is 10.3. The number of benzene rings is 2. The van der Waals surface area contributed by atoms with Crippen LogP contribution in [0.2, 0.25) is 0 Å². The van der Waals surface area contributed by atoms with Crippen LogP contribution in [0.25, 0.3) is 0 Å². The zero-order valence-electron chi connectivity index (χ0n) is 12.8. The Bertz CT molecular complexity index is 546. The molecule has 1 N–H and O–H groups in total. The second kappa shape index (κ2) is 9.98. The molecule has 22 heavy (non-hydrogen) atoms. The molecule has 0 aromatic heterocycles. The number of quaternary nitrogens is 1. The van der Waals surface area contributed by atoms with Crippen molar-refractivity contribution in [2.45, 2.75) is 13.0 Å². The van der Waals surface area contributed by atoms with Crippen molar-refractivity contribution < 1.29 is 26.8 Å². The molecule has 0 aliphatic rings. The maximum absolute atomic E-state index is 11.8. The van der Waals surface area contributed by atoms with Crippen molar-refractivity contribution in [2.75, 3.05) is 20.2 Å². The summed E-state index contributed by atoms with van der Waals surface area (Å²) in [5.41, 5.74) is 1.94. The number of carbonyl (C=O) groups excluding carboxylic acids is 1. The Morgan fingerprint density at radius 2 is 1.59 bits per heavy atom. The van der Waals surface area contributed by atoms with E-state index in [0.29, 0.717) is 12.2 Å². The van der Waals surface area contributed by atoms with Crippen molar-refractivity contribution in [1.82, 2.24) is 0 Å². The Labute approximate surface area is 138 Å². The molecule has 0 aliphatic heterocycles. The van der Waals surface area contributed by atoms with Gasteiger partial charge in [-0.15, -0.1) is 0 Å². The van der Waals surface area contributed by atoms with Gasteiger partial charge in [-0.3, -0.25) is 0 Å². The summed E-state index contributed by atoms with van der Waals surface area (Å²) < 4.78 is 5.28. The van der Waals surface area contributed by atoms with E-state index < -0.39 is 0 Å². The quantitative estimate of drug-likeness (QED) is 0.522. The van der Waals surface area contributed by atoms with Gasteiger partial charge in [0.1, 0.15) is 6.54 Å². The van der Waals surface area contributed by atoms with Crippen molar-refractivity contribution in [3.05, 3.63) is 71.8 Å². The van der Waals surface area contributed by atoms with Crippen LogP contribution in [0.3, 0.4) is 0 Å². The van der Waals surface area contributed by atoms with Gasteiger partial charge in [0, 0.05) is 12.0 Å². The first-order valence-electron chi connectivity index (χ1n) is 7.33. The van der Waals surface area contributed by atoms with Gasteiger partial charge in [-0.05, 0) is 12.1 Å². The van der Waals surface area contributed by atoms with Crippen LogP contribution in [0.5, 0.6) is 0 Å². The maximum atomic E-state index is 11.8. The molecule has 3 nitrogen and oxygen atoms in total. The molecule has 0 saturated carbocycles. The monoisotopic (exact) mass is 319 g/mol. The number of hydrogen-bond acceptors (Lipinski definition) is 2. The highest BCUT2D eigenvalue weighted by molar-refractivity contribution is 5.89. The van der Waals surface area contributed by atoms with Crippen molar-refractivity contribution in [2.24, 2.45) is 0 Å². The molecule has 0 saturated heterocycles. The fraction of sp³-hybridized carbons (Fsp3) is 0.278. The average Bonchev–Trinajstić information content (AvgIpc) is 2.53. The molecule has 118 valence electrons. The lowest BCUT2D eigenvalue weighted by Crippen LogP contribution is -3.07. The molecule has 0 radical (unpaired) electrons. The largest absolute Gasteiger partial charge is 1.00 e. The van der Waals surface area contributed by atoms with Crippen LogP contribution < -0.4 is 17.3 Å². The van der Waals surface area contributed by atoms with Gasteiger partial charge in [0.2, 0.25) is 0 Å². The van der Waals surface area contributed by atoms with Gasteiger partial charge < -0.3 is 22.0 Å². The molecule has 2 aromatic carbocycles. The summed E-state index contributed by atoms with van der Waals surface area (Å²) in [6, 6.07) is 19.5. The first-order valence-corrected chi connectivity index (χ1v) is 7.33. The van der Waals surface area contributed by atoms with Crippen LogP contribution in [0.1, 0.15) is 22.3 Å². The average molecular weight is 320 g/mol. The lowest BCUT2D eigenvalue weighted by molar-refractivity contribution is -0.894. The van der Waals surface area contributed by atoms with Crippen LogP contribution in [-0.4, -0.2) is 26.2 Å². The van der Waals surface area contributed by atoms with Gasteiger partial charge in [0.15, 0.2) is 0 Å². The molecule has 2 rings (SSSR count). The summed E-state index contributed by atoms with van der Waals surface area (Å²) in [6.07, 6.45) is 0.872. The van der Waals surface area contributed by atoms with E-state index in [1.807, 2.05) is 24.3 Å². The van der Waals surface area contributed by atoms with Crippen molar-refractivity contribution in [3.8, 4) is 0 Å². The minimum absolute atomic E-state index is 0. The second-order valence-electron chi connectivity index (χ2n) is 5.22. The SMILES string of the molecule is C[NH+](CCCOC(=O)c1ccccc1)Cc1ccccc1.[Cl-]. The molecule has 2 aromatic rings. The standard InChI is InChI=1S/C18H21NO2.ClH/c1-19(15-16-9-4-2-5-10-16)13-8-14-21-18(20)17-11-6-3-7-12-17;/h2-7,9-12H,8,13-15H2,1H3;1H. The highest BCUT2D eigenvalue weighted by Crippen LogP contribution is 2.01. The molecule has 0 spiro atoms. The van der Waals surface area contributed by atoms with Crippen LogP contribution in [0, 0.1) is 0 Å². The number of hydrogen-bond donors (Lipinski definition) is 1. The molecule has 1 unspecified atom stereocenters. The van der Waals surface area contributed by atoms with Crippen LogP contribution in [-0.2, 0) is 11.3 Å². The summed E-state index contributed by atoms with van der Waals surface area (Å²) in [6.45, 7) is 2.45. The lowest BCUT2D eigenvalue weighted by Gasteiger charge is -2.14. The third-order valence-electron chi connectivity index (χ3n) is 3.34. The van der Waals surface area contributed by atoms with Gasteiger partial charge in [-0.25, -0.2) is 4.79 Å². The number of carbonyl (C=O) groups is 1. The van der Waals surface area contributed by atoms with Crippen LogP contribution in [0.4, 0.5) is 0 Å². The number of esters is 1. The third-order valence-corrected chi connectivity index (χ3v) is 3.34. The van der Waals surface area contributed by atoms with E-state index in [1.54, 1.807) is 12.1 Å². The molecule has 0 heterocycles. The predicted octanol–water partition coefficient (Wildman–Crippen LogP) is -1.05. The fourth-order valence-electron chi connectivity index (χ4n) is 2.23. The highest BCUT2D eigenvalue weighted by atomic mass is 35.5. The second-order valence-corrected chi connectivity index (χ2v) is 5.22. The minimum atomic E-state index is -0.240. The predicted molar refractivity (Wildman–Crippen MR) is 83.2 cm³/mol. The lowest BCUT2D eigenvalue weighted by atomic mass is 10.2. The van der Waals surface area contributed by atoms with E-state index in [0.717, 1.165) is 19.5 Å². The Hall–Kier alpha value is -1.84. The summed E-state index contributed by atoms with van der Waals surface area (Å²) in [5, 5.41) is 0. The highest BCUT2D eigenvalue weighted by Gasteiger charge is 2.07. The van der Waals surface area contributed by atoms with Gasteiger partial charge in [0.25, 0.3) is 0 Å². The van der Waals surface area contributed by atoms with E-state index in [2.05, 4.69) is 31.3 Å². The summed E-state index contributed by atoms with van der Waals surface area (Å²) in [5.74, 6) is -0.240. The minimum Gasteiger partial charge on any atom is -1.00 e. The van der Waals surface area contributed by atoms with Crippen molar-refractivity contribution in [1.29, 1.82) is 0 Å². The van der Waals surface area contributed by atoms with E-state index in [4.69, 9.17) is 4.74 Å². The summed E-state index contributed by atoms with van der Waals surface area (Å²) in [7, 11) is 2.16. The zero-order chi connectivity index (χ0) is 14.9. The molecule has 0 bridgehead atoms. The van der Waals surface area contributed by atoms with Crippen molar-refractivity contribution in [3.63, 3.8) is 0 Å². The number of rotatable bonds is 7. The van der Waals surface area contributed by atoms with Gasteiger partial charge >= 0.3 is 5.97 Å². The van der Waals surface area contributed by atoms with Gasteiger partial charge in [0.05, 0.1) is 25.8 Å². The first kappa shape index (κ1) is 18.2. The zero-order valence-corrected chi connectivity index (χ0v) is 13.6. The molecular weight excluding hydrogens is 298 g/mol. The van der Waals surface area contributed by atoms with Crippen molar-refractivity contribution >= 4 is 5.97 Å². The summed E-state index contributed by atoms with van der Waals surface area (Å²) in [4.78, 5) is 13.2. The smallest absolute Gasteiger partial charge is 0.338 e. The van der Waals surface area contributed by atoms with E-state index >= 15 is 0 Å². The Morgan fingerprint density at radius 3 is 2.23 bits per heavy atom. The Morgan fingerprint density at radius 1 is 1.00 bits per heavy atom. The third kappa shape index (κ3) is 6.29. The van der Waals surface area contributed by atoms with Crippen LogP contribution in [0.15, 0.2) is 60.7 Å². The van der Waals surface area contributed by atoms with E-state index in [9.17, 15) is 4.79 Å². The summed E-state index contributed by atoms with van der Waals surface area (Å²) >= 11 is 0. The number of nitrogens with one attached hydrogen (secondary N) is 1. The maximum Gasteiger partial charge on any atom is 0.338 e. The van der Waals surface area contributed by atoms with Gasteiger partial charge in [-0.2, -0.15) is 0 Å². The molecule has 4 heteroatoms. The van der Waals surface area contributed by atoms with E-state index in [-0.39, 0.29) is 18.4 Å². The molecule has 0 amide bonds. The molecule has 0 fully saturated rings. The van der Waals surface area contributed by atoms with E-state index in [1.165, 1.54) is 10.5 Å². The molecule has 0 aliphatic carbocycles. The normalized spacial score (nSPS) is 11.3.